The van der Waals surface area contributed by atoms with Crippen LogP contribution in [0.4, 0.5) is 0 Å². The molecule has 2 unspecified atom stereocenters. The van der Waals surface area contributed by atoms with Gasteiger partial charge in [0.2, 0.25) is 11.8 Å². The zero-order chi connectivity index (χ0) is 15.6. The molecule has 2 amide bonds. The molecule has 0 saturated carbocycles. The van der Waals surface area contributed by atoms with Crippen molar-refractivity contribution in [2.24, 2.45) is 11.3 Å². The zero-order valence-corrected chi connectivity index (χ0v) is 12.8. The van der Waals surface area contributed by atoms with Crippen molar-refractivity contribution in [1.82, 2.24) is 9.80 Å². The van der Waals surface area contributed by atoms with Crippen LogP contribution in [-0.4, -0.2) is 58.9 Å². The van der Waals surface area contributed by atoms with Crippen LogP contribution in [0.3, 0.4) is 0 Å². The van der Waals surface area contributed by atoms with Crippen LogP contribution in [-0.2, 0) is 14.4 Å². The van der Waals surface area contributed by atoms with Gasteiger partial charge in [-0.15, -0.1) is 0 Å². The monoisotopic (exact) mass is 296 g/mol. The molecule has 2 aliphatic rings. The highest BCUT2D eigenvalue weighted by atomic mass is 16.4. The van der Waals surface area contributed by atoms with Crippen LogP contribution in [0.25, 0.3) is 0 Å². The van der Waals surface area contributed by atoms with E-state index in [2.05, 4.69) is 0 Å². The Balaban J connectivity index is 2.06. The molecule has 0 aliphatic carbocycles. The second-order valence-electron chi connectivity index (χ2n) is 6.14. The number of nitrogens with zero attached hydrogens (tertiary/aromatic N) is 2. The molecule has 0 aromatic rings. The van der Waals surface area contributed by atoms with E-state index < -0.39 is 11.4 Å². The third kappa shape index (κ3) is 2.89. The molecule has 2 saturated heterocycles. The average Bonchev–Trinajstić information content (AvgIpc) is 2.87. The molecule has 2 rings (SSSR count). The molecule has 6 nitrogen and oxygen atoms in total. The molecular weight excluding hydrogens is 272 g/mol. The van der Waals surface area contributed by atoms with E-state index in [-0.39, 0.29) is 30.7 Å². The van der Waals surface area contributed by atoms with Gasteiger partial charge in [-0.2, -0.15) is 0 Å². The lowest BCUT2D eigenvalue weighted by atomic mass is 9.77. The van der Waals surface area contributed by atoms with E-state index in [1.165, 1.54) is 0 Å². The summed E-state index contributed by atoms with van der Waals surface area (Å²) in [4.78, 5) is 39.2. The van der Waals surface area contributed by atoms with Crippen LogP contribution < -0.4 is 0 Å². The topological polar surface area (TPSA) is 77.9 Å². The molecule has 0 radical (unpaired) electrons. The second-order valence-corrected chi connectivity index (χ2v) is 6.14. The molecule has 6 heteroatoms. The number of hydrogen-bond donors (Lipinski definition) is 1. The van der Waals surface area contributed by atoms with Crippen molar-refractivity contribution in [3.8, 4) is 0 Å². The number of hydrogen-bond acceptors (Lipinski definition) is 3. The summed E-state index contributed by atoms with van der Waals surface area (Å²) in [5.74, 6) is -1.16. The van der Waals surface area contributed by atoms with Crippen LogP contribution in [0.15, 0.2) is 0 Å². The molecule has 0 spiro atoms. The lowest BCUT2D eigenvalue weighted by molar-refractivity contribution is -0.156. The van der Waals surface area contributed by atoms with Gasteiger partial charge in [-0.1, -0.05) is 6.92 Å². The van der Waals surface area contributed by atoms with E-state index in [1.807, 2.05) is 13.8 Å². The average molecular weight is 296 g/mol. The van der Waals surface area contributed by atoms with Crippen LogP contribution in [0, 0.1) is 11.3 Å². The summed E-state index contributed by atoms with van der Waals surface area (Å²) in [5.41, 5.74) is -0.818. The van der Waals surface area contributed by atoms with Crippen molar-refractivity contribution < 1.29 is 19.5 Å². The Hall–Kier alpha value is -1.59. The molecule has 21 heavy (non-hydrogen) atoms. The van der Waals surface area contributed by atoms with E-state index in [9.17, 15) is 19.5 Å². The number of rotatable bonds is 4. The fourth-order valence-electron chi connectivity index (χ4n) is 3.44. The number of carboxylic acids is 1. The summed E-state index contributed by atoms with van der Waals surface area (Å²) >= 11 is 0. The maximum absolute atomic E-state index is 12.6. The SMILES string of the molecule is CCN1CC(C(=O)N2CCCC(CC)(C(=O)O)C2)CC1=O. The van der Waals surface area contributed by atoms with Gasteiger partial charge in [-0.3, -0.25) is 14.4 Å². The van der Waals surface area contributed by atoms with Gasteiger partial charge in [-0.25, -0.2) is 0 Å². The number of carboxylic acid groups (broad SMARTS) is 1. The van der Waals surface area contributed by atoms with Crippen molar-refractivity contribution in [2.45, 2.75) is 39.5 Å². The van der Waals surface area contributed by atoms with E-state index in [0.29, 0.717) is 38.9 Å². The molecule has 2 aliphatic heterocycles. The van der Waals surface area contributed by atoms with Gasteiger partial charge in [0.05, 0.1) is 11.3 Å². The first-order chi connectivity index (χ1) is 9.93. The van der Waals surface area contributed by atoms with E-state index in [0.717, 1.165) is 0 Å². The summed E-state index contributed by atoms with van der Waals surface area (Å²) in [7, 11) is 0. The predicted molar refractivity (Wildman–Crippen MR) is 76.5 cm³/mol. The fourth-order valence-corrected chi connectivity index (χ4v) is 3.44. The van der Waals surface area contributed by atoms with E-state index in [4.69, 9.17) is 0 Å². The molecule has 0 aromatic carbocycles. The molecular formula is C15H24N2O4. The summed E-state index contributed by atoms with van der Waals surface area (Å²) in [6.45, 7) is 5.73. The van der Waals surface area contributed by atoms with Crippen molar-refractivity contribution in [3.63, 3.8) is 0 Å². The molecule has 118 valence electrons. The van der Waals surface area contributed by atoms with Gasteiger partial charge in [0.15, 0.2) is 0 Å². The quantitative estimate of drug-likeness (QED) is 0.838. The number of piperidine rings is 1. The van der Waals surface area contributed by atoms with Crippen LogP contribution in [0.2, 0.25) is 0 Å². The highest BCUT2D eigenvalue weighted by Crippen LogP contribution is 2.35. The lowest BCUT2D eigenvalue weighted by Crippen LogP contribution is -2.51. The maximum atomic E-state index is 12.6. The first-order valence-electron chi connectivity index (χ1n) is 7.73. The number of likely N-dealkylation sites (tertiary alicyclic amines) is 2. The Bertz CT molecular complexity index is 451. The standard InChI is InChI=1S/C15H24N2O4/c1-3-15(14(20)21)6-5-7-17(10-15)13(19)11-8-12(18)16(4-2)9-11/h11H,3-10H2,1-2H3,(H,20,21). The summed E-state index contributed by atoms with van der Waals surface area (Å²) in [5, 5.41) is 9.48. The number of carbonyl (C=O) groups is 3. The Morgan fingerprint density at radius 2 is 2.10 bits per heavy atom. The number of aliphatic carboxylic acids is 1. The van der Waals surface area contributed by atoms with E-state index >= 15 is 0 Å². The van der Waals surface area contributed by atoms with E-state index in [1.54, 1.807) is 9.80 Å². The molecule has 1 N–H and O–H groups in total. The highest BCUT2D eigenvalue weighted by Gasteiger charge is 2.44. The second kappa shape index (κ2) is 6.03. The highest BCUT2D eigenvalue weighted by molar-refractivity contribution is 5.89. The zero-order valence-electron chi connectivity index (χ0n) is 12.8. The summed E-state index contributed by atoms with van der Waals surface area (Å²) in [6, 6.07) is 0. The van der Waals surface area contributed by atoms with Crippen molar-refractivity contribution in [2.75, 3.05) is 26.2 Å². The fraction of sp³-hybridized carbons (Fsp3) is 0.800. The number of amides is 2. The molecule has 2 fully saturated rings. The van der Waals surface area contributed by atoms with Gasteiger partial charge in [0.1, 0.15) is 0 Å². The summed E-state index contributed by atoms with van der Waals surface area (Å²) in [6.07, 6.45) is 2.11. The normalized spacial score (nSPS) is 29.8. The van der Waals surface area contributed by atoms with Crippen molar-refractivity contribution >= 4 is 17.8 Å². The Morgan fingerprint density at radius 3 is 2.62 bits per heavy atom. The molecule has 0 aromatic heterocycles. The first kappa shape index (κ1) is 15.8. The van der Waals surface area contributed by atoms with Gasteiger partial charge in [0, 0.05) is 32.6 Å². The van der Waals surface area contributed by atoms with Crippen molar-refractivity contribution in [1.29, 1.82) is 0 Å². The minimum Gasteiger partial charge on any atom is -0.481 e. The molecule has 2 heterocycles. The van der Waals surface area contributed by atoms with Crippen molar-refractivity contribution in [3.05, 3.63) is 0 Å². The third-order valence-electron chi connectivity index (χ3n) is 4.96. The number of carbonyl (C=O) groups excluding carboxylic acids is 2. The molecule has 0 bridgehead atoms. The largest absolute Gasteiger partial charge is 0.481 e. The van der Waals surface area contributed by atoms with Crippen LogP contribution in [0.1, 0.15) is 39.5 Å². The van der Waals surface area contributed by atoms with Gasteiger partial charge in [0.25, 0.3) is 0 Å². The Labute approximate surface area is 125 Å². The van der Waals surface area contributed by atoms with Gasteiger partial charge >= 0.3 is 5.97 Å². The maximum Gasteiger partial charge on any atom is 0.311 e. The van der Waals surface area contributed by atoms with Gasteiger partial charge < -0.3 is 14.9 Å². The molecule has 2 atom stereocenters. The lowest BCUT2D eigenvalue weighted by Gasteiger charge is -2.40. The van der Waals surface area contributed by atoms with Gasteiger partial charge in [-0.05, 0) is 26.2 Å². The first-order valence-corrected chi connectivity index (χ1v) is 7.73. The van der Waals surface area contributed by atoms with Crippen LogP contribution >= 0.6 is 0 Å². The van der Waals surface area contributed by atoms with Crippen LogP contribution in [0.5, 0.6) is 0 Å². The Morgan fingerprint density at radius 1 is 1.38 bits per heavy atom. The minimum atomic E-state index is -0.819. The minimum absolute atomic E-state index is 0.0212. The summed E-state index contributed by atoms with van der Waals surface area (Å²) < 4.78 is 0. The third-order valence-corrected chi connectivity index (χ3v) is 4.96. The smallest absolute Gasteiger partial charge is 0.311 e. The predicted octanol–water partition coefficient (Wildman–Crippen LogP) is 0.958. The Kier molecular flexibility index (Phi) is 4.54.